The molecule has 0 aliphatic carbocycles. The maximum absolute atomic E-state index is 13.6. The minimum absolute atomic E-state index is 0.0452. The highest BCUT2D eigenvalue weighted by Crippen LogP contribution is 2.29. The molecule has 1 aromatic carbocycles. The highest BCUT2D eigenvalue weighted by atomic mass is 19.1. The van der Waals surface area contributed by atoms with Crippen LogP contribution in [0.15, 0.2) is 18.2 Å². The summed E-state index contributed by atoms with van der Waals surface area (Å²) in [5, 5.41) is 3.39. The molecule has 2 atom stereocenters. The number of rotatable bonds is 2. The summed E-state index contributed by atoms with van der Waals surface area (Å²) in [5.41, 5.74) is 1.85. The van der Waals surface area contributed by atoms with E-state index >= 15 is 0 Å². The molecule has 0 amide bonds. The molecule has 2 unspecified atom stereocenters. The van der Waals surface area contributed by atoms with Crippen LogP contribution in [0.3, 0.4) is 0 Å². The maximum Gasteiger partial charge on any atom is 0.126 e. The number of ether oxygens (including phenoxy) is 1. The summed E-state index contributed by atoms with van der Waals surface area (Å²) in [5.74, 6) is -0.154. The molecule has 1 N–H and O–H groups in total. The van der Waals surface area contributed by atoms with Crippen molar-refractivity contribution in [3.05, 3.63) is 35.1 Å². The summed E-state index contributed by atoms with van der Waals surface area (Å²) in [6.45, 7) is 10.1. The van der Waals surface area contributed by atoms with Gasteiger partial charge < -0.3 is 10.1 Å². The lowest BCUT2D eigenvalue weighted by atomic mass is 9.88. The molecule has 0 saturated carbocycles. The largest absolute Gasteiger partial charge is 0.368 e. The van der Waals surface area contributed by atoms with Gasteiger partial charge in [0, 0.05) is 13.1 Å². The number of hydrogen-bond acceptors (Lipinski definition) is 2. The molecular weight excluding hydrogens is 241 g/mol. The van der Waals surface area contributed by atoms with Crippen molar-refractivity contribution in [1.82, 2.24) is 5.32 Å². The van der Waals surface area contributed by atoms with Crippen LogP contribution in [0.1, 0.15) is 44.4 Å². The predicted molar refractivity (Wildman–Crippen MR) is 75.7 cm³/mol. The molecule has 0 radical (unpaired) electrons. The summed E-state index contributed by atoms with van der Waals surface area (Å²) < 4.78 is 19.7. The second-order valence-corrected chi connectivity index (χ2v) is 6.68. The molecule has 19 heavy (non-hydrogen) atoms. The first kappa shape index (κ1) is 14.5. The first-order valence-corrected chi connectivity index (χ1v) is 6.97. The van der Waals surface area contributed by atoms with Gasteiger partial charge >= 0.3 is 0 Å². The average molecular weight is 265 g/mol. The van der Waals surface area contributed by atoms with Gasteiger partial charge in [-0.15, -0.1) is 0 Å². The van der Waals surface area contributed by atoms with E-state index in [1.165, 1.54) is 0 Å². The van der Waals surface area contributed by atoms with Crippen molar-refractivity contribution in [1.29, 1.82) is 0 Å². The molecule has 0 aromatic heterocycles. The Balaban J connectivity index is 2.06. The van der Waals surface area contributed by atoms with Crippen LogP contribution in [0.25, 0.3) is 0 Å². The van der Waals surface area contributed by atoms with Crippen LogP contribution in [-0.2, 0) is 4.74 Å². The monoisotopic (exact) mass is 265 g/mol. The van der Waals surface area contributed by atoms with Gasteiger partial charge in [0.2, 0.25) is 0 Å². The van der Waals surface area contributed by atoms with Crippen LogP contribution in [-0.4, -0.2) is 19.2 Å². The van der Waals surface area contributed by atoms with Gasteiger partial charge in [-0.25, -0.2) is 4.39 Å². The van der Waals surface area contributed by atoms with Gasteiger partial charge in [-0.1, -0.05) is 32.9 Å². The van der Waals surface area contributed by atoms with Crippen molar-refractivity contribution in [2.24, 2.45) is 5.41 Å². The SMILES string of the molecule is Cc1ccc(C2CNCC(CC(C)(C)C)O2)cc1F. The Morgan fingerprint density at radius 1 is 1.32 bits per heavy atom. The van der Waals surface area contributed by atoms with Crippen LogP contribution in [0, 0.1) is 18.2 Å². The van der Waals surface area contributed by atoms with E-state index in [0.29, 0.717) is 5.56 Å². The standard InChI is InChI=1S/C16H24FNO/c1-11-5-6-12(7-14(11)17)15-10-18-9-13(19-15)8-16(2,3)4/h5-7,13,15,18H,8-10H2,1-4H3. The Labute approximate surface area is 115 Å². The van der Waals surface area contributed by atoms with Crippen molar-refractivity contribution in [3.63, 3.8) is 0 Å². The number of halogens is 1. The molecule has 1 aliphatic heterocycles. The highest BCUT2D eigenvalue weighted by molar-refractivity contribution is 5.25. The predicted octanol–water partition coefficient (Wildman–Crippen LogP) is 3.60. The molecule has 0 bridgehead atoms. The molecule has 0 spiro atoms. The summed E-state index contributed by atoms with van der Waals surface area (Å²) >= 11 is 0. The normalized spacial score (nSPS) is 24.5. The Morgan fingerprint density at radius 3 is 2.68 bits per heavy atom. The molecule has 1 saturated heterocycles. The van der Waals surface area contributed by atoms with E-state index in [0.717, 1.165) is 25.1 Å². The number of nitrogens with one attached hydrogen (secondary N) is 1. The average Bonchev–Trinajstić information content (AvgIpc) is 2.31. The van der Waals surface area contributed by atoms with Crippen molar-refractivity contribution < 1.29 is 9.13 Å². The first-order chi connectivity index (χ1) is 8.85. The van der Waals surface area contributed by atoms with Crippen molar-refractivity contribution >= 4 is 0 Å². The lowest BCUT2D eigenvalue weighted by molar-refractivity contribution is -0.0553. The van der Waals surface area contributed by atoms with Crippen LogP contribution >= 0.6 is 0 Å². The third-order valence-electron chi connectivity index (χ3n) is 3.47. The second-order valence-electron chi connectivity index (χ2n) is 6.68. The summed E-state index contributed by atoms with van der Waals surface area (Å²) in [6.07, 6.45) is 1.16. The van der Waals surface area contributed by atoms with Crippen LogP contribution in [0.5, 0.6) is 0 Å². The first-order valence-electron chi connectivity index (χ1n) is 6.97. The van der Waals surface area contributed by atoms with Crippen molar-refractivity contribution in [2.45, 2.75) is 46.3 Å². The zero-order chi connectivity index (χ0) is 14.0. The number of aryl methyl sites for hydroxylation is 1. The smallest absolute Gasteiger partial charge is 0.126 e. The minimum atomic E-state index is -0.154. The third kappa shape index (κ3) is 4.02. The Kier molecular flexibility index (Phi) is 4.26. The summed E-state index contributed by atoms with van der Waals surface area (Å²) in [7, 11) is 0. The lowest BCUT2D eigenvalue weighted by Gasteiger charge is -2.34. The zero-order valence-electron chi connectivity index (χ0n) is 12.3. The fourth-order valence-electron chi connectivity index (χ4n) is 2.51. The van der Waals surface area contributed by atoms with E-state index in [-0.39, 0.29) is 23.4 Å². The van der Waals surface area contributed by atoms with Gasteiger partial charge in [0.05, 0.1) is 12.2 Å². The van der Waals surface area contributed by atoms with Gasteiger partial charge in [-0.3, -0.25) is 0 Å². The van der Waals surface area contributed by atoms with Crippen molar-refractivity contribution in [3.8, 4) is 0 Å². The Morgan fingerprint density at radius 2 is 2.05 bits per heavy atom. The van der Waals surface area contributed by atoms with E-state index in [1.807, 2.05) is 12.1 Å². The molecule has 106 valence electrons. The van der Waals surface area contributed by atoms with E-state index in [4.69, 9.17) is 4.74 Å². The van der Waals surface area contributed by atoms with Crippen LogP contribution < -0.4 is 5.32 Å². The van der Waals surface area contributed by atoms with E-state index in [1.54, 1.807) is 13.0 Å². The topological polar surface area (TPSA) is 21.3 Å². The fourth-order valence-corrected chi connectivity index (χ4v) is 2.51. The van der Waals surface area contributed by atoms with E-state index in [9.17, 15) is 4.39 Å². The Bertz CT molecular complexity index is 439. The quantitative estimate of drug-likeness (QED) is 0.882. The minimum Gasteiger partial charge on any atom is -0.368 e. The Hall–Kier alpha value is -0.930. The van der Waals surface area contributed by atoms with Crippen LogP contribution in [0.2, 0.25) is 0 Å². The maximum atomic E-state index is 13.6. The van der Waals surface area contributed by atoms with Crippen molar-refractivity contribution in [2.75, 3.05) is 13.1 Å². The van der Waals surface area contributed by atoms with Gasteiger partial charge in [0.25, 0.3) is 0 Å². The molecule has 1 heterocycles. The number of benzene rings is 1. The molecule has 2 rings (SSSR count). The fraction of sp³-hybridized carbons (Fsp3) is 0.625. The summed E-state index contributed by atoms with van der Waals surface area (Å²) in [4.78, 5) is 0. The van der Waals surface area contributed by atoms with Gasteiger partial charge in [-0.2, -0.15) is 0 Å². The van der Waals surface area contributed by atoms with E-state index in [2.05, 4.69) is 26.1 Å². The second kappa shape index (κ2) is 5.59. The molecule has 1 aliphatic rings. The molecule has 2 nitrogen and oxygen atoms in total. The molecule has 1 fully saturated rings. The lowest BCUT2D eigenvalue weighted by Crippen LogP contribution is -2.42. The van der Waals surface area contributed by atoms with Gasteiger partial charge in [0.15, 0.2) is 0 Å². The number of morpholine rings is 1. The molecule has 1 aromatic rings. The zero-order valence-corrected chi connectivity index (χ0v) is 12.3. The number of hydrogen-bond donors (Lipinski definition) is 1. The van der Waals surface area contributed by atoms with Gasteiger partial charge in [0.1, 0.15) is 5.82 Å². The molecular formula is C16H24FNO. The van der Waals surface area contributed by atoms with Crippen LogP contribution in [0.4, 0.5) is 4.39 Å². The highest BCUT2D eigenvalue weighted by Gasteiger charge is 2.27. The third-order valence-corrected chi connectivity index (χ3v) is 3.47. The summed E-state index contributed by atoms with van der Waals surface area (Å²) in [6, 6.07) is 5.38. The molecule has 3 heteroatoms. The van der Waals surface area contributed by atoms with Gasteiger partial charge in [-0.05, 0) is 36.0 Å². The van der Waals surface area contributed by atoms with E-state index < -0.39 is 0 Å².